The lowest BCUT2D eigenvalue weighted by atomic mass is 9.96. The summed E-state index contributed by atoms with van der Waals surface area (Å²) in [6.07, 6.45) is 1.23. The van der Waals surface area contributed by atoms with Crippen LogP contribution in [0, 0.1) is 0 Å². The van der Waals surface area contributed by atoms with Gasteiger partial charge in [0.05, 0.1) is 6.10 Å². The fourth-order valence-electron chi connectivity index (χ4n) is 3.56. The van der Waals surface area contributed by atoms with E-state index in [2.05, 4.69) is 84.6 Å². The summed E-state index contributed by atoms with van der Waals surface area (Å²) in [5.41, 5.74) is 3.81. The molecule has 0 amide bonds. The summed E-state index contributed by atoms with van der Waals surface area (Å²) in [7, 11) is 0. The van der Waals surface area contributed by atoms with Crippen molar-refractivity contribution in [1.29, 1.82) is 0 Å². The third kappa shape index (κ3) is 5.78. The third-order valence-corrected chi connectivity index (χ3v) is 5.08. The fourth-order valence-corrected chi connectivity index (χ4v) is 3.56. The molecule has 2 heteroatoms. The summed E-state index contributed by atoms with van der Waals surface area (Å²) < 4.78 is 0. The maximum absolute atomic E-state index is 10.9. The van der Waals surface area contributed by atoms with Gasteiger partial charge >= 0.3 is 0 Å². The molecule has 0 bridgehead atoms. The minimum atomic E-state index is -0.363. The molecule has 1 N–H and O–H groups in total. The molecule has 2 atom stereocenters. The van der Waals surface area contributed by atoms with Crippen LogP contribution in [0.25, 0.3) is 0 Å². The molecule has 0 aliphatic carbocycles. The van der Waals surface area contributed by atoms with Crippen LogP contribution in [-0.4, -0.2) is 22.2 Å². The zero-order valence-electron chi connectivity index (χ0n) is 16.0. The first-order valence-corrected chi connectivity index (χ1v) is 9.80. The molecule has 0 aromatic heterocycles. The van der Waals surface area contributed by atoms with Crippen LogP contribution in [0.3, 0.4) is 0 Å². The largest absolute Gasteiger partial charge is 0.391 e. The smallest absolute Gasteiger partial charge is 0.0696 e. The number of rotatable bonds is 9. The number of hydrogen-bond acceptors (Lipinski definition) is 2. The van der Waals surface area contributed by atoms with E-state index in [-0.39, 0.29) is 12.1 Å². The van der Waals surface area contributed by atoms with E-state index in [4.69, 9.17) is 0 Å². The number of hydrogen-bond donors (Lipinski definition) is 1. The van der Waals surface area contributed by atoms with Gasteiger partial charge in [-0.2, -0.15) is 0 Å². The van der Waals surface area contributed by atoms with E-state index in [0.29, 0.717) is 0 Å². The molecular formula is C25H29NO. The van der Waals surface area contributed by atoms with Crippen molar-refractivity contribution in [3.63, 3.8) is 0 Å². The molecule has 0 fully saturated rings. The summed E-state index contributed by atoms with van der Waals surface area (Å²) in [4.78, 5) is 2.42. The minimum absolute atomic E-state index is 0.0674. The Morgan fingerprint density at radius 1 is 0.667 bits per heavy atom. The van der Waals surface area contributed by atoms with Crippen molar-refractivity contribution in [3.05, 3.63) is 108 Å². The maximum atomic E-state index is 10.9. The molecule has 0 aliphatic heterocycles. The van der Waals surface area contributed by atoms with Crippen molar-refractivity contribution < 1.29 is 5.11 Å². The van der Waals surface area contributed by atoms with Crippen molar-refractivity contribution in [2.24, 2.45) is 0 Å². The lowest BCUT2D eigenvalue weighted by molar-refractivity contribution is 0.0370. The maximum Gasteiger partial charge on any atom is 0.0696 e. The van der Waals surface area contributed by atoms with Crippen LogP contribution in [-0.2, 0) is 19.5 Å². The van der Waals surface area contributed by atoms with Crippen molar-refractivity contribution in [2.75, 3.05) is 0 Å². The van der Waals surface area contributed by atoms with Gasteiger partial charge in [0.1, 0.15) is 0 Å². The third-order valence-electron chi connectivity index (χ3n) is 5.08. The van der Waals surface area contributed by atoms with E-state index in [9.17, 15) is 5.11 Å². The molecule has 140 valence electrons. The number of nitrogens with zero attached hydrogens (tertiary/aromatic N) is 1. The standard InChI is InChI=1S/C25H29NO/c1-2-25(27)24(18-21-12-6-3-7-13-21)26(19-22-14-8-4-9-15-22)20-23-16-10-5-11-17-23/h3-17,24-25,27H,2,18-20H2,1H3/t24-,25-/m0/s1. The van der Waals surface area contributed by atoms with Crippen LogP contribution >= 0.6 is 0 Å². The molecule has 27 heavy (non-hydrogen) atoms. The van der Waals surface area contributed by atoms with Gasteiger partial charge in [-0.05, 0) is 29.5 Å². The van der Waals surface area contributed by atoms with Crippen LogP contribution in [0.5, 0.6) is 0 Å². The Hall–Kier alpha value is -2.42. The van der Waals surface area contributed by atoms with Crippen molar-refractivity contribution in [2.45, 2.75) is 45.0 Å². The highest BCUT2D eigenvalue weighted by atomic mass is 16.3. The summed E-state index contributed by atoms with van der Waals surface area (Å²) in [5.74, 6) is 0. The van der Waals surface area contributed by atoms with E-state index in [1.807, 2.05) is 18.2 Å². The van der Waals surface area contributed by atoms with Crippen LogP contribution in [0.4, 0.5) is 0 Å². The van der Waals surface area contributed by atoms with Crippen molar-refractivity contribution in [3.8, 4) is 0 Å². The number of aliphatic hydroxyl groups is 1. The lowest BCUT2D eigenvalue weighted by Crippen LogP contribution is -2.44. The van der Waals surface area contributed by atoms with Gasteiger partial charge in [0.2, 0.25) is 0 Å². The van der Waals surface area contributed by atoms with Gasteiger partial charge in [0.25, 0.3) is 0 Å². The van der Waals surface area contributed by atoms with E-state index in [1.54, 1.807) is 0 Å². The average Bonchev–Trinajstić information content (AvgIpc) is 2.73. The molecule has 0 unspecified atom stereocenters. The molecule has 2 nitrogen and oxygen atoms in total. The molecule has 3 rings (SSSR count). The Kier molecular flexibility index (Phi) is 7.20. The predicted octanol–water partition coefficient (Wildman–Crippen LogP) is 5.07. The zero-order chi connectivity index (χ0) is 18.9. The van der Waals surface area contributed by atoms with E-state index in [0.717, 1.165) is 25.9 Å². The predicted molar refractivity (Wildman–Crippen MR) is 112 cm³/mol. The van der Waals surface area contributed by atoms with Gasteiger partial charge in [-0.25, -0.2) is 0 Å². The molecule has 3 aromatic carbocycles. The van der Waals surface area contributed by atoms with Crippen LogP contribution < -0.4 is 0 Å². The van der Waals surface area contributed by atoms with Gasteiger partial charge in [0, 0.05) is 19.1 Å². The van der Waals surface area contributed by atoms with Crippen molar-refractivity contribution in [1.82, 2.24) is 4.90 Å². The Labute approximate surface area is 163 Å². The number of benzene rings is 3. The zero-order valence-corrected chi connectivity index (χ0v) is 16.0. The van der Waals surface area contributed by atoms with E-state index >= 15 is 0 Å². The average molecular weight is 360 g/mol. The van der Waals surface area contributed by atoms with Crippen LogP contribution in [0.15, 0.2) is 91.0 Å². The van der Waals surface area contributed by atoms with Gasteiger partial charge < -0.3 is 5.11 Å². The molecule has 3 aromatic rings. The van der Waals surface area contributed by atoms with Gasteiger partial charge in [0.15, 0.2) is 0 Å². The Morgan fingerprint density at radius 3 is 1.48 bits per heavy atom. The summed E-state index contributed by atoms with van der Waals surface area (Å²) in [6, 6.07) is 31.6. The van der Waals surface area contributed by atoms with Crippen molar-refractivity contribution >= 4 is 0 Å². The van der Waals surface area contributed by atoms with Gasteiger partial charge in [-0.3, -0.25) is 4.90 Å². The normalized spacial score (nSPS) is 13.4. The fraction of sp³-hybridized carbons (Fsp3) is 0.280. The highest BCUT2D eigenvalue weighted by Gasteiger charge is 2.25. The topological polar surface area (TPSA) is 23.5 Å². The first kappa shape index (κ1) is 19.3. The minimum Gasteiger partial charge on any atom is -0.391 e. The SMILES string of the molecule is CC[C@H](O)[C@H](Cc1ccccc1)N(Cc1ccccc1)Cc1ccccc1. The second-order valence-electron chi connectivity index (χ2n) is 7.11. The molecule has 0 heterocycles. The molecule has 0 saturated carbocycles. The Balaban J connectivity index is 1.88. The molecular weight excluding hydrogens is 330 g/mol. The first-order chi connectivity index (χ1) is 13.3. The monoisotopic (exact) mass is 359 g/mol. The summed E-state index contributed by atoms with van der Waals surface area (Å²) >= 11 is 0. The molecule has 0 aliphatic rings. The first-order valence-electron chi connectivity index (χ1n) is 9.80. The Morgan fingerprint density at radius 2 is 1.07 bits per heavy atom. The number of aliphatic hydroxyl groups excluding tert-OH is 1. The molecule has 0 saturated heterocycles. The summed E-state index contributed by atoms with van der Waals surface area (Å²) in [6.45, 7) is 3.71. The van der Waals surface area contributed by atoms with E-state index < -0.39 is 0 Å². The van der Waals surface area contributed by atoms with Gasteiger partial charge in [-0.1, -0.05) is 97.9 Å². The Bertz CT molecular complexity index is 732. The highest BCUT2D eigenvalue weighted by molar-refractivity contribution is 5.20. The lowest BCUT2D eigenvalue weighted by Gasteiger charge is -2.35. The quantitative estimate of drug-likeness (QED) is 0.576. The highest BCUT2D eigenvalue weighted by Crippen LogP contribution is 2.20. The van der Waals surface area contributed by atoms with E-state index in [1.165, 1.54) is 16.7 Å². The van der Waals surface area contributed by atoms with Crippen LogP contribution in [0.2, 0.25) is 0 Å². The second kappa shape index (κ2) is 10.1. The van der Waals surface area contributed by atoms with Gasteiger partial charge in [-0.15, -0.1) is 0 Å². The molecule has 0 spiro atoms. The molecule has 0 radical (unpaired) electrons. The summed E-state index contributed by atoms with van der Waals surface area (Å²) in [5, 5.41) is 10.9. The van der Waals surface area contributed by atoms with Crippen LogP contribution in [0.1, 0.15) is 30.0 Å². The second-order valence-corrected chi connectivity index (χ2v) is 7.11.